The highest BCUT2D eigenvalue weighted by Gasteiger charge is 2.15. The molecular weight excluding hydrogens is 304 g/mol. The van der Waals surface area contributed by atoms with Crippen LogP contribution in [0.1, 0.15) is 39.4 Å². The molecule has 0 bridgehead atoms. The molecule has 0 spiro atoms. The van der Waals surface area contributed by atoms with Crippen molar-refractivity contribution in [1.82, 2.24) is 15.0 Å². The Bertz CT molecular complexity index is 623. The fourth-order valence-corrected chi connectivity index (χ4v) is 2.46. The number of aromatic nitrogens is 2. The van der Waals surface area contributed by atoms with Crippen LogP contribution in [0.4, 0.5) is 5.69 Å². The summed E-state index contributed by atoms with van der Waals surface area (Å²) in [6.45, 7) is 9.99. The van der Waals surface area contributed by atoms with Crippen LogP contribution in [0.25, 0.3) is 11.5 Å². The molecule has 1 aromatic heterocycles. The first-order valence-corrected chi connectivity index (χ1v) is 8.69. The molecule has 1 aromatic carbocycles. The largest absolute Gasteiger partial charge is 0.496 e. The summed E-state index contributed by atoms with van der Waals surface area (Å²) in [6, 6.07) is 5.95. The van der Waals surface area contributed by atoms with Crippen LogP contribution in [0.5, 0.6) is 5.75 Å². The minimum Gasteiger partial charge on any atom is -0.496 e. The number of ether oxygens (including phenoxy) is 1. The topological polar surface area (TPSA) is 63.4 Å². The normalized spacial score (nSPS) is 11.0. The molecule has 0 unspecified atom stereocenters. The van der Waals surface area contributed by atoms with E-state index in [1.807, 2.05) is 18.2 Å². The van der Waals surface area contributed by atoms with E-state index in [0.29, 0.717) is 18.3 Å². The van der Waals surface area contributed by atoms with Crippen LogP contribution in [0.15, 0.2) is 22.7 Å². The van der Waals surface area contributed by atoms with Gasteiger partial charge >= 0.3 is 0 Å². The standard InChI is InChI=1S/C18H28N4O2/c1-5-8-11-19-14-9-10-15(16(12-14)23-4)18-20-17(21-24-18)13-22(6-2)7-3/h9-10,12,19H,5-8,11,13H2,1-4H3. The minimum absolute atomic E-state index is 0.495. The fourth-order valence-electron chi connectivity index (χ4n) is 2.46. The van der Waals surface area contributed by atoms with Crippen LogP contribution in [0.3, 0.4) is 0 Å². The summed E-state index contributed by atoms with van der Waals surface area (Å²) >= 11 is 0. The quantitative estimate of drug-likeness (QED) is 0.668. The monoisotopic (exact) mass is 332 g/mol. The zero-order valence-corrected chi connectivity index (χ0v) is 15.1. The Balaban J connectivity index is 2.14. The van der Waals surface area contributed by atoms with Crippen LogP contribution in [0, 0.1) is 0 Å². The smallest absolute Gasteiger partial charge is 0.261 e. The molecular formula is C18H28N4O2. The number of methoxy groups -OCH3 is 1. The zero-order chi connectivity index (χ0) is 17.4. The molecule has 132 valence electrons. The number of hydrogen-bond donors (Lipinski definition) is 1. The van der Waals surface area contributed by atoms with E-state index >= 15 is 0 Å². The highest BCUT2D eigenvalue weighted by atomic mass is 16.5. The van der Waals surface area contributed by atoms with Gasteiger partial charge in [0.25, 0.3) is 5.89 Å². The van der Waals surface area contributed by atoms with Gasteiger partial charge in [0.1, 0.15) is 5.75 Å². The van der Waals surface area contributed by atoms with Crippen molar-refractivity contribution in [3.63, 3.8) is 0 Å². The van der Waals surface area contributed by atoms with Crippen molar-refractivity contribution >= 4 is 5.69 Å². The molecule has 0 amide bonds. The maximum atomic E-state index is 5.50. The van der Waals surface area contributed by atoms with E-state index in [2.05, 4.69) is 41.1 Å². The molecule has 0 saturated heterocycles. The molecule has 24 heavy (non-hydrogen) atoms. The van der Waals surface area contributed by atoms with Crippen LogP contribution in [-0.4, -0.2) is 41.8 Å². The van der Waals surface area contributed by atoms with Crippen molar-refractivity contribution in [1.29, 1.82) is 0 Å². The first-order valence-electron chi connectivity index (χ1n) is 8.69. The maximum absolute atomic E-state index is 5.50. The van der Waals surface area contributed by atoms with E-state index < -0.39 is 0 Å². The van der Waals surface area contributed by atoms with Gasteiger partial charge in [-0.2, -0.15) is 4.98 Å². The molecule has 0 aliphatic rings. The fraction of sp³-hybridized carbons (Fsp3) is 0.556. The van der Waals surface area contributed by atoms with Gasteiger partial charge in [0.15, 0.2) is 5.82 Å². The number of hydrogen-bond acceptors (Lipinski definition) is 6. The lowest BCUT2D eigenvalue weighted by atomic mass is 10.1. The second-order valence-electron chi connectivity index (χ2n) is 5.67. The summed E-state index contributed by atoms with van der Waals surface area (Å²) in [5.41, 5.74) is 1.85. The first kappa shape index (κ1) is 18.3. The third-order valence-electron chi connectivity index (χ3n) is 4.02. The van der Waals surface area contributed by atoms with Crippen LogP contribution < -0.4 is 10.1 Å². The number of nitrogens with one attached hydrogen (secondary N) is 1. The third-order valence-corrected chi connectivity index (χ3v) is 4.02. The average Bonchev–Trinajstić information content (AvgIpc) is 3.08. The number of nitrogens with zero attached hydrogens (tertiary/aromatic N) is 3. The Hall–Kier alpha value is -2.08. The van der Waals surface area contributed by atoms with E-state index in [1.54, 1.807) is 7.11 Å². The summed E-state index contributed by atoms with van der Waals surface area (Å²) in [5.74, 6) is 1.92. The molecule has 0 fully saturated rings. The highest BCUT2D eigenvalue weighted by Crippen LogP contribution is 2.31. The van der Waals surface area contributed by atoms with Crippen molar-refractivity contribution in [2.75, 3.05) is 32.1 Å². The lowest BCUT2D eigenvalue weighted by Gasteiger charge is -2.14. The summed E-state index contributed by atoms with van der Waals surface area (Å²) in [4.78, 5) is 6.75. The Kier molecular flexibility index (Phi) is 7.06. The van der Waals surface area contributed by atoms with Crippen molar-refractivity contribution < 1.29 is 9.26 Å². The summed E-state index contributed by atoms with van der Waals surface area (Å²) in [5, 5.41) is 7.48. The summed E-state index contributed by atoms with van der Waals surface area (Å²) in [6.07, 6.45) is 2.31. The Morgan fingerprint density at radius 2 is 2.00 bits per heavy atom. The van der Waals surface area contributed by atoms with Gasteiger partial charge in [-0.25, -0.2) is 0 Å². The van der Waals surface area contributed by atoms with E-state index in [1.165, 1.54) is 6.42 Å². The van der Waals surface area contributed by atoms with E-state index in [4.69, 9.17) is 9.26 Å². The van der Waals surface area contributed by atoms with Gasteiger partial charge in [-0.15, -0.1) is 0 Å². The molecule has 6 nitrogen and oxygen atoms in total. The molecule has 0 aliphatic carbocycles. The molecule has 1 N–H and O–H groups in total. The van der Waals surface area contributed by atoms with Gasteiger partial charge in [-0.1, -0.05) is 32.3 Å². The molecule has 0 saturated carbocycles. The Morgan fingerprint density at radius 1 is 1.21 bits per heavy atom. The predicted molar refractivity (Wildman–Crippen MR) is 96.3 cm³/mol. The van der Waals surface area contributed by atoms with E-state index in [9.17, 15) is 0 Å². The van der Waals surface area contributed by atoms with E-state index in [0.717, 1.165) is 43.1 Å². The lowest BCUT2D eigenvalue weighted by Crippen LogP contribution is -2.22. The van der Waals surface area contributed by atoms with Crippen molar-refractivity contribution in [2.45, 2.75) is 40.2 Å². The number of rotatable bonds is 10. The van der Waals surface area contributed by atoms with Crippen LogP contribution in [-0.2, 0) is 6.54 Å². The molecule has 6 heteroatoms. The van der Waals surface area contributed by atoms with Crippen LogP contribution >= 0.6 is 0 Å². The van der Waals surface area contributed by atoms with Crippen LogP contribution in [0.2, 0.25) is 0 Å². The van der Waals surface area contributed by atoms with Gasteiger partial charge in [0.2, 0.25) is 0 Å². The van der Waals surface area contributed by atoms with Gasteiger partial charge in [-0.3, -0.25) is 4.90 Å². The van der Waals surface area contributed by atoms with Crippen molar-refractivity contribution in [3.05, 3.63) is 24.0 Å². The second kappa shape index (κ2) is 9.27. The lowest BCUT2D eigenvalue weighted by molar-refractivity contribution is 0.282. The summed E-state index contributed by atoms with van der Waals surface area (Å²) in [7, 11) is 1.65. The predicted octanol–water partition coefficient (Wildman–Crippen LogP) is 3.80. The van der Waals surface area contributed by atoms with Gasteiger partial charge in [-0.05, 0) is 31.6 Å². The minimum atomic E-state index is 0.495. The molecule has 2 rings (SSSR count). The van der Waals surface area contributed by atoms with Gasteiger partial charge < -0.3 is 14.6 Å². The first-order chi connectivity index (χ1) is 11.7. The van der Waals surface area contributed by atoms with Crippen molar-refractivity contribution in [2.24, 2.45) is 0 Å². The molecule has 1 heterocycles. The Morgan fingerprint density at radius 3 is 2.67 bits per heavy atom. The number of anilines is 1. The molecule has 0 aliphatic heterocycles. The van der Waals surface area contributed by atoms with Gasteiger partial charge in [0.05, 0.1) is 19.2 Å². The Labute approximate surface area is 144 Å². The zero-order valence-electron chi connectivity index (χ0n) is 15.1. The van der Waals surface area contributed by atoms with Gasteiger partial charge in [0, 0.05) is 18.3 Å². The second-order valence-corrected chi connectivity index (χ2v) is 5.67. The highest BCUT2D eigenvalue weighted by molar-refractivity contribution is 5.67. The van der Waals surface area contributed by atoms with Crippen molar-refractivity contribution in [3.8, 4) is 17.2 Å². The molecule has 0 atom stereocenters. The number of unbranched alkanes of at least 4 members (excludes halogenated alkanes) is 1. The maximum Gasteiger partial charge on any atom is 0.261 e. The molecule has 0 radical (unpaired) electrons. The summed E-state index contributed by atoms with van der Waals surface area (Å²) < 4.78 is 10.9. The average molecular weight is 332 g/mol. The third kappa shape index (κ3) is 4.71. The SMILES string of the molecule is CCCCNc1ccc(-c2nc(CN(CC)CC)no2)c(OC)c1. The number of benzene rings is 1. The van der Waals surface area contributed by atoms with E-state index in [-0.39, 0.29) is 0 Å². The molecule has 2 aromatic rings.